The number of halogens is 6. The van der Waals surface area contributed by atoms with Crippen LogP contribution in [0.25, 0.3) is 0 Å². The molecule has 0 bridgehead atoms. The SMILES string of the molecule is CN(C)C[C@H](NS(=O)(=O)c1ccc(OC(F)(F)F)cc1)c1ccc(C(F)(F)F)cc1. The van der Waals surface area contributed by atoms with Crippen LogP contribution in [0.4, 0.5) is 26.3 Å². The van der Waals surface area contributed by atoms with Gasteiger partial charge in [0.1, 0.15) is 5.75 Å². The molecule has 0 saturated heterocycles. The number of hydrogen-bond donors (Lipinski definition) is 1. The van der Waals surface area contributed by atoms with Gasteiger partial charge in [0.2, 0.25) is 10.0 Å². The smallest absolute Gasteiger partial charge is 0.406 e. The minimum atomic E-state index is -4.92. The van der Waals surface area contributed by atoms with E-state index in [9.17, 15) is 34.8 Å². The number of rotatable bonds is 7. The molecule has 0 aliphatic rings. The molecule has 0 aliphatic heterocycles. The Balaban J connectivity index is 2.26. The van der Waals surface area contributed by atoms with Gasteiger partial charge in [-0.1, -0.05) is 12.1 Å². The molecule has 0 radical (unpaired) electrons. The summed E-state index contributed by atoms with van der Waals surface area (Å²) in [6.07, 6.45) is -9.45. The minimum Gasteiger partial charge on any atom is -0.406 e. The summed E-state index contributed by atoms with van der Waals surface area (Å²) in [5.41, 5.74) is -0.588. The van der Waals surface area contributed by atoms with Gasteiger partial charge in [0, 0.05) is 6.54 Å². The fraction of sp³-hybridized carbons (Fsp3) is 0.333. The molecule has 0 unspecified atom stereocenters. The van der Waals surface area contributed by atoms with E-state index in [0.717, 1.165) is 36.4 Å². The lowest BCUT2D eigenvalue weighted by Gasteiger charge is -2.23. The molecule has 0 aliphatic carbocycles. The highest BCUT2D eigenvalue weighted by molar-refractivity contribution is 7.89. The first-order chi connectivity index (χ1) is 13.7. The van der Waals surface area contributed by atoms with Gasteiger partial charge in [-0.25, -0.2) is 13.1 Å². The first-order valence-electron chi connectivity index (χ1n) is 8.37. The van der Waals surface area contributed by atoms with Gasteiger partial charge in [0.25, 0.3) is 0 Å². The monoisotopic (exact) mass is 456 g/mol. The van der Waals surface area contributed by atoms with E-state index in [-0.39, 0.29) is 17.0 Å². The van der Waals surface area contributed by atoms with E-state index < -0.39 is 39.9 Å². The topological polar surface area (TPSA) is 58.6 Å². The summed E-state index contributed by atoms with van der Waals surface area (Å²) in [6, 6.07) is 6.68. The van der Waals surface area contributed by atoms with Gasteiger partial charge in [0.05, 0.1) is 16.5 Å². The molecule has 2 aromatic rings. The lowest BCUT2D eigenvalue weighted by atomic mass is 10.1. The number of nitrogens with zero attached hydrogens (tertiary/aromatic N) is 1. The van der Waals surface area contributed by atoms with E-state index in [1.807, 2.05) is 0 Å². The van der Waals surface area contributed by atoms with E-state index >= 15 is 0 Å². The molecule has 0 spiro atoms. The zero-order valence-corrected chi connectivity index (χ0v) is 16.6. The van der Waals surface area contributed by atoms with Crippen LogP contribution in [0, 0.1) is 0 Å². The normalized spacial score (nSPS) is 14.0. The second kappa shape index (κ2) is 8.82. The third-order valence-corrected chi connectivity index (χ3v) is 5.34. The maximum Gasteiger partial charge on any atom is 0.573 e. The van der Waals surface area contributed by atoms with Crippen molar-refractivity contribution >= 4 is 10.0 Å². The second-order valence-electron chi connectivity index (χ2n) is 6.58. The second-order valence-corrected chi connectivity index (χ2v) is 8.29. The van der Waals surface area contributed by atoms with Crippen molar-refractivity contribution in [3.63, 3.8) is 0 Å². The molecule has 0 aromatic heterocycles. The summed E-state index contributed by atoms with van der Waals surface area (Å²) in [5.74, 6) is -0.589. The molecule has 2 aromatic carbocycles. The fourth-order valence-electron chi connectivity index (χ4n) is 2.56. The molecule has 30 heavy (non-hydrogen) atoms. The standard InChI is InChI=1S/C18H18F6N2O3S/c1-26(2)11-16(12-3-5-13(6-4-12)17(19,20)21)25-30(27,28)15-9-7-14(8-10-15)29-18(22,23)24/h3-10,16,25H,11H2,1-2H3/t16-/m0/s1. The van der Waals surface area contributed by atoms with Crippen LogP contribution in [-0.2, 0) is 16.2 Å². The Morgan fingerprint density at radius 2 is 1.47 bits per heavy atom. The maximum absolute atomic E-state index is 12.8. The summed E-state index contributed by atoms with van der Waals surface area (Å²) in [5, 5.41) is 0. The highest BCUT2D eigenvalue weighted by Crippen LogP contribution is 2.30. The summed E-state index contributed by atoms with van der Waals surface area (Å²) in [7, 11) is -0.893. The zero-order chi connectivity index (χ0) is 22.7. The Bertz CT molecular complexity index is 940. The van der Waals surface area contributed by atoms with Crippen molar-refractivity contribution in [1.29, 1.82) is 0 Å². The molecule has 12 heteroatoms. The fourth-order valence-corrected chi connectivity index (χ4v) is 3.77. The van der Waals surface area contributed by atoms with Crippen LogP contribution >= 0.6 is 0 Å². The quantitative estimate of drug-likeness (QED) is 0.635. The molecule has 0 saturated carbocycles. The average molecular weight is 456 g/mol. The van der Waals surface area contributed by atoms with Gasteiger partial charge in [0.15, 0.2) is 0 Å². The zero-order valence-electron chi connectivity index (χ0n) is 15.8. The van der Waals surface area contributed by atoms with Crippen molar-refractivity contribution in [1.82, 2.24) is 9.62 Å². The number of ether oxygens (including phenoxy) is 1. The summed E-state index contributed by atoms with van der Waals surface area (Å²) < 4.78 is 106. The first kappa shape index (κ1) is 24.0. The number of benzene rings is 2. The Kier molecular flexibility index (Phi) is 7.05. The molecular weight excluding hydrogens is 438 g/mol. The Hall–Kier alpha value is -2.31. The first-order valence-corrected chi connectivity index (χ1v) is 9.86. The number of likely N-dealkylation sites (N-methyl/N-ethyl adjacent to an activating group) is 1. The van der Waals surface area contributed by atoms with E-state index in [2.05, 4.69) is 9.46 Å². The van der Waals surface area contributed by atoms with Crippen LogP contribution in [-0.4, -0.2) is 40.3 Å². The Morgan fingerprint density at radius 3 is 1.90 bits per heavy atom. The van der Waals surface area contributed by atoms with Crippen molar-refractivity contribution in [2.24, 2.45) is 0 Å². The molecule has 0 heterocycles. The molecular formula is C18H18F6N2O3S. The van der Waals surface area contributed by atoms with E-state index in [0.29, 0.717) is 0 Å². The van der Waals surface area contributed by atoms with Gasteiger partial charge < -0.3 is 9.64 Å². The van der Waals surface area contributed by atoms with Crippen molar-refractivity contribution in [2.75, 3.05) is 20.6 Å². The van der Waals surface area contributed by atoms with Gasteiger partial charge >= 0.3 is 12.5 Å². The predicted molar refractivity (Wildman–Crippen MR) is 96.2 cm³/mol. The van der Waals surface area contributed by atoms with Crippen molar-refractivity contribution < 1.29 is 39.5 Å². The molecule has 166 valence electrons. The van der Waals surface area contributed by atoms with Crippen LogP contribution in [0.5, 0.6) is 5.75 Å². The molecule has 2 rings (SSSR count). The molecule has 1 atom stereocenters. The van der Waals surface area contributed by atoms with Crippen molar-refractivity contribution in [3.8, 4) is 5.75 Å². The van der Waals surface area contributed by atoms with Crippen LogP contribution in [0.3, 0.4) is 0 Å². The van der Waals surface area contributed by atoms with Crippen LogP contribution < -0.4 is 9.46 Å². The van der Waals surface area contributed by atoms with E-state index in [4.69, 9.17) is 0 Å². The molecule has 1 N–H and O–H groups in total. The Morgan fingerprint density at radius 1 is 0.933 bits per heavy atom. The summed E-state index contributed by atoms with van der Waals surface area (Å²) in [4.78, 5) is 1.30. The highest BCUT2D eigenvalue weighted by atomic mass is 32.2. The number of sulfonamides is 1. The number of nitrogens with one attached hydrogen (secondary N) is 1. The summed E-state index contributed by atoms with van der Waals surface area (Å²) in [6.45, 7) is 0.125. The highest BCUT2D eigenvalue weighted by Gasteiger charge is 2.32. The third kappa shape index (κ3) is 6.89. The largest absolute Gasteiger partial charge is 0.573 e. The van der Waals surface area contributed by atoms with Crippen LogP contribution in [0.1, 0.15) is 17.2 Å². The van der Waals surface area contributed by atoms with Gasteiger partial charge in [-0.15, -0.1) is 13.2 Å². The number of hydrogen-bond acceptors (Lipinski definition) is 4. The van der Waals surface area contributed by atoms with Gasteiger partial charge in [-0.2, -0.15) is 13.2 Å². The average Bonchev–Trinajstić information content (AvgIpc) is 2.59. The van der Waals surface area contributed by atoms with Crippen molar-refractivity contribution in [2.45, 2.75) is 23.5 Å². The maximum atomic E-state index is 12.8. The predicted octanol–water partition coefficient (Wildman–Crippen LogP) is 4.19. The summed E-state index contributed by atoms with van der Waals surface area (Å²) >= 11 is 0. The number of alkyl halides is 6. The van der Waals surface area contributed by atoms with Crippen molar-refractivity contribution in [3.05, 3.63) is 59.7 Å². The molecule has 0 fully saturated rings. The van der Waals surface area contributed by atoms with E-state index in [1.54, 1.807) is 19.0 Å². The van der Waals surface area contributed by atoms with Crippen LogP contribution in [0.2, 0.25) is 0 Å². The third-order valence-electron chi connectivity index (χ3n) is 3.85. The van der Waals surface area contributed by atoms with Crippen LogP contribution in [0.15, 0.2) is 53.4 Å². The molecule has 5 nitrogen and oxygen atoms in total. The Labute approximate surface area is 169 Å². The van der Waals surface area contributed by atoms with Gasteiger partial charge in [-0.3, -0.25) is 0 Å². The minimum absolute atomic E-state index is 0.125. The van der Waals surface area contributed by atoms with E-state index in [1.165, 1.54) is 12.1 Å². The molecule has 0 amide bonds. The lowest BCUT2D eigenvalue weighted by molar-refractivity contribution is -0.274. The lowest BCUT2D eigenvalue weighted by Crippen LogP contribution is -2.35. The van der Waals surface area contributed by atoms with Gasteiger partial charge in [-0.05, 0) is 56.1 Å².